The number of H-pyrrole nitrogens is 1. The fourth-order valence-electron chi connectivity index (χ4n) is 1.94. The zero-order valence-corrected chi connectivity index (χ0v) is 11.5. The molecule has 0 aliphatic carbocycles. The van der Waals surface area contributed by atoms with Gasteiger partial charge < -0.3 is 10.4 Å². The van der Waals surface area contributed by atoms with Crippen LogP contribution in [-0.2, 0) is 6.42 Å². The number of nitro benzene ring substituents is 1. The number of anilines is 1. The number of aromatic hydroxyl groups is 1. The van der Waals surface area contributed by atoms with E-state index in [0.717, 1.165) is 23.7 Å². The molecule has 110 valence electrons. The Bertz CT molecular complexity index is 708. The second kappa shape index (κ2) is 5.61. The Labute approximate surface area is 120 Å². The molecule has 0 fully saturated rings. The molecule has 0 unspecified atom stereocenters. The largest absolute Gasteiger partial charge is 0.502 e. The highest BCUT2D eigenvalue weighted by Gasteiger charge is 2.22. The molecule has 0 aliphatic rings. The number of nitro groups is 1. The van der Waals surface area contributed by atoms with Crippen molar-refractivity contribution < 1.29 is 14.8 Å². The van der Waals surface area contributed by atoms with Gasteiger partial charge in [0.25, 0.3) is 5.91 Å². The van der Waals surface area contributed by atoms with E-state index in [1.807, 2.05) is 6.92 Å². The molecule has 1 aromatic heterocycles. The zero-order chi connectivity index (χ0) is 15.6. The highest BCUT2D eigenvalue weighted by atomic mass is 16.6. The van der Waals surface area contributed by atoms with Crippen molar-refractivity contribution in [2.75, 3.05) is 5.32 Å². The zero-order valence-electron chi connectivity index (χ0n) is 11.5. The lowest BCUT2D eigenvalue weighted by atomic mass is 10.1. The molecule has 1 amide bonds. The topological polar surface area (TPSA) is 121 Å². The van der Waals surface area contributed by atoms with Gasteiger partial charge in [0.2, 0.25) is 5.75 Å². The van der Waals surface area contributed by atoms with Crippen molar-refractivity contribution in [2.45, 2.75) is 20.3 Å². The molecule has 0 atom stereocenters. The monoisotopic (exact) mass is 290 g/mol. The maximum atomic E-state index is 12.1. The number of phenols is 1. The van der Waals surface area contributed by atoms with E-state index in [4.69, 9.17) is 0 Å². The van der Waals surface area contributed by atoms with Gasteiger partial charge in [-0.05, 0) is 19.4 Å². The lowest BCUT2D eigenvalue weighted by Crippen LogP contribution is -2.13. The number of benzene rings is 1. The summed E-state index contributed by atoms with van der Waals surface area (Å²) in [5.41, 5.74) is 0.977. The quantitative estimate of drug-likeness (QED) is 0.588. The first kappa shape index (κ1) is 14.5. The van der Waals surface area contributed by atoms with Crippen LogP contribution < -0.4 is 5.32 Å². The van der Waals surface area contributed by atoms with Crippen LogP contribution in [0, 0.1) is 17.0 Å². The number of aryl methyl sites for hydroxylation is 1. The minimum Gasteiger partial charge on any atom is -0.502 e. The van der Waals surface area contributed by atoms with Crippen LogP contribution in [0.5, 0.6) is 5.75 Å². The maximum absolute atomic E-state index is 12.1. The van der Waals surface area contributed by atoms with Gasteiger partial charge >= 0.3 is 5.69 Å². The Hall–Kier alpha value is -2.90. The lowest BCUT2D eigenvalue weighted by molar-refractivity contribution is -0.385. The molecule has 8 nitrogen and oxygen atoms in total. The minimum atomic E-state index is -0.749. The van der Waals surface area contributed by atoms with Gasteiger partial charge in [0.1, 0.15) is 0 Å². The van der Waals surface area contributed by atoms with Crippen LogP contribution in [0.4, 0.5) is 11.5 Å². The van der Waals surface area contributed by atoms with Gasteiger partial charge in [-0.2, -0.15) is 5.10 Å². The second-order valence-corrected chi connectivity index (χ2v) is 4.41. The van der Waals surface area contributed by atoms with E-state index in [0.29, 0.717) is 5.82 Å². The van der Waals surface area contributed by atoms with Gasteiger partial charge in [-0.1, -0.05) is 13.0 Å². The van der Waals surface area contributed by atoms with Gasteiger partial charge in [0, 0.05) is 17.3 Å². The number of aromatic amines is 1. The van der Waals surface area contributed by atoms with Crippen molar-refractivity contribution in [3.63, 3.8) is 0 Å². The number of amides is 1. The molecule has 8 heteroatoms. The molecule has 21 heavy (non-hydrogen) atoms. The number of carbonyl (C=O) groups is 1. The summed E-state index contributed by atoms with van der Waals surface area (Å²) in [5, 5.41) is 29.8. The molecular weight excluding hydrogens is 276 g/mol. The summed E-state index contributed by atoms with van der Waals surface area (Å²) in [7, 11) is 0. The van der Waals surface area contributed by atoms with Gasteiger partial charge in [0.15, 0.2) is 5.82 Å². The first-order chi connectivity index (χ1) is 9.95. The van der Waals surface area contributed by atoms with E-state index in [2.05, 4.69) is 15.5 Å². The van der Waals surface area contributed by atoms with Gasteiger partial charge in [-0.3, -0.25) is 20.0 Å². The number of para-hydroxylation sites is 1. The van der Waals surface area contributed by atoms with E-state index >= 15 is 0 Å². The third-order valence-corrected chi connectivity index (χ3v) is 3.15. The number of aromatic nitrogens is 2. The fraction of sp³-hybridized carbons (Fsp3) is 0.231. The van der Waals surface area contributed by atoms with Crippen LogP contribution in [0.25, 0.3) is 0 Å². The van der Waals surface area contributed by atoms with Gasteiger partial charge in [0.05, 0.1) is 10.5 Å². The molecule has 0 spiro atoms. The highest BCUT2D eigenvalue weighted by molar-refractivity contribution is 6.06. The predicted molar refractivity (Wildman–Crippen MR) is 75.4 cm³/mol. The summed E-state index contributed by atoms with van der Waals surface area (Å²) in [6, 6.07) is 3.77. The van der Waals surface area contributed by atoms with E-state index in [-0.39, 0.29) is 5.56 Å². The summed E-state index contributed by atoms with van der Waals surface area (Å²) in [5.74, 6) is -0.986. The summed E-state index contributed by atoms with van der Waals surface area (Å²) in [4.78, 5) is 22.1. The van der Waals surface area contributed by atoms with Crippen LogP contribution in [0.1, 0.15) is 28.5 Å². The number of nitrogens with one attached hydrogen (secondary N) is 2. The van der Waals surface area contributed by atoms with Crippen molar-refractivity contribution in [1.82, 2.24) is 10.2 Å². The first-order valence-electron chi connectivity index (χ1n) is 6.27. The summed E-state index contributed by atoms with van der Waals surface area (Å²) < 4.78 is 0. The number of hydrogen-bond donors (Lipinski definition) is 3. The normalized spacial score (nSPS) is 10.4. The van der Waals surface area contributed by atoms with Crippen LogP contribution in [0.15, 0.2) is 18.2 Å². The average molecular weight is 290 g/mol. The molecule has 3 N–H and O–H groups in total. The lowest BCUT2D eigenvalue weighted by Gasteiger charge is -2.05. The number of hydrogen-bond acceptors (Lipinski definition) is 5. The van der Waals surface area contributed by atoms with Crippen molar-refractivity contribution >= 4 is 17.4 Å². The van der Waals surface area contributed by atoms with E-state index in [9.17, 15) is 20.0 Å². The van der Waals surface area contributed by atoms with Crippen molar-refractivity contribution in [3.05, 3.63) is 45.1 Å². The Morgan fingerprint density at radius 3 is 2.81 bits per heavy atom. The number of nitrogens with zero attached hydrogens (tertiary/aromatic N) is 2. The molecule has 0 bridgehead atoms. The molecule has 0 saturated carbocycles. The summed E-state index contributed by atoms with van der Waals surface area (Å²) >= 11 is 0. The number of carbonyl (C=O) groups excluding carboxylic acids is 1. The molecule has 1 aromatic carbocycles. The standard InChI is InChI=1S/C13H14N4O4/c1-3-9-7(2)12(16-15-9)14-13(19)8-5-4-6-10(11(8)18)17(20)21/h4-6,18H,3H2,1-2H3,(H2,14,15,16,19). The molecular formula is C13H14N4O4. The van der Waals surface area contributed by atoms with Gasteiger partial charge in [-0.25, -0.2) is 0 Å². The highest BCUT2D eigenvalue weighted by Crippen LogP contribution is 2.30. The Morgan fingerprint density at radius 2 is 2.24 bits per heavy atom. The molecule has 0 aliphatic heterocycles. The molecule has 0 saturated heterocycles. The van der Waals surface area contributed by atoms with Gasteiger partial charge in [-0.15, -0.1) is 0 Å². The van der Waals surface area contributed by atoms with Crippen LogP contribution in [0.3, 0.4) is 0 Å². The number of rotatable bonds is 4. The van der Waals surface area contributed by atoms with E-state index in [1.165, 1.54) is 12.1 Å². The Kier molecular flexibility index (Phi) is 3.88. The molecule has 0 radical (unpaired) electrons. The van der Waals surface area contributed by atoms with Crippen LogP contribution >= 0.6 is 0 Å². The third kappa shape index (κ3) is 2.69. The van der Waals surface area contributed by atoms with Crippen molar-refractivity contribution in [2.24, 2.45) is 0 Å². The van der Waals surface area contributed by atoms with E-state index < -0.39 is 22.3 Å². The van der Waals surface area contributed by atoms with Crippen LogP contribution in [0.2, 0.25) is 0 Å². The van der Waals surface area contributed by atoms with Crippen molar-refractivity contribution in [3.8, 4) is 5.75 Å². The maximum Gasteiger partial charge on any atom is 0.311 e. The Balaban J connectivity index is 2.30. The summed E-state index contributed by atoms with van der Waals surface area (Å²) in [6.07, 6.45) is 0.733. The van der Waals surface area contributed by atoms with Crippen LogP contribution in [-0.4, -0.2) is 26.1 Å². The fourth-order valence-corrected chi connectivity index (χ4v) is 1.94. The average Bonchev–Trinajstić information content (AvgIpc) is 2.79. The smallest absolute Gasteiger partial charge is 0.311 e. The molecule has 2 rings (SSSR count). The van der Waals surface area contributed by atoms with Crippen molar-refractivity contribution in [1.29, 1.82) is 0 Å². The first-order valence-corrected chi connectivity index (χ1v) is 6.27. The third-order valence-electron chi connectivity index (χ3n) is 3.15. The minimum absolute atomic E-state index is 0.176. The predicted octanol–water partition coefficient (Wildman–Crippen LogP) is 2.15. The Morgan fingerprint density at radius 1 is 1.52 bits per heavy atom. The van der Waals surface area contributed by atoms with E-state index in [1.54, 1.807) is 6.92 Å². The molecule has 1 heterocycles. The SMILES string of the molecule is CCc1[nH]nc(NC(=O)c2cccc([N+](=O)[O-])c2O)c1C. The summed E-state index contributed by atoms with van der Waals surface area (Å²) in [6.45, 7) is 3.74. The second-order valence-electron chi connectivity index (χ2n) is 4.41. The molecule has 2 aromatic rings. The number of phenolic OH excluding ortho intramolecular Hbond substituents is 1.